The number of fused-ring (bicyclic) bond motifs is 3. The molecule has 3 aliphatic heterocycles. The molecule has 0 amide bonds. The third-order valence-electron chi connectivity index (χ3n) is 9.11. The first-order chi connectivity index (χ1) is 13.0. The van der Waals surface area contributed by atoms with Crippen LogP contribution in [0.5, 0.6) is 0 Å². The second-order valence-corrected chi connectivity index (χ2v) is 42.2. The first kappa shape index (κ1) is 21.0. The van der Waals surface area contributed by atoms with Crippen LogP contribution in [0, 0.1) is 0 Å². The zero-order chi connectivity index (χ0) is 19.4. The van der Waals surface area contributed by atoms with E-state index in [1.54, 1.807) is 25.7 Å². The molecule has 0 unspecified atom stereocenters. The molecule has 2 saturated heterocycles. The van der Waals surface area contributed by atoms with Crippen LogP contribution in [0.2, 0.25) is 11.0 Å². The summed E-state index contributed by atoms with van der Waals surface area (Å²) in [7, 11) is 0. The molecule has 159 valence electrons. The van der Waals surface area contributed by atoms with Crippen LogP contribution in [-0.4, -0.2) is 22.6 Å². The monoisotopic (exact) mass is 497 g/mol. The minimum atomic E-state index is -1.64. The van der Waals surface area contributed by atoms with E-state index in [1.807, 2.05) is 0 Å². The maximum atomic E-state index is 3.01. The molecule has 1 aromatic carbocycles. The first-order valence-corrected chi connectivity index (χ1v) is 23.7. The van der Waals surface area contributed by atoms with Crippen molar-refractivity contribution in [2.24, 2.45) is 0 Å². The summed E-state index contributed by atoms with van der Waals surface area (Å²) < 4.78 is 0. The van der Waals surface area contributed by atoms with E-state index < -0.39 is 25.0 Å². The Hall–Kier alpha value is 0.703. The molecule has 0 N–H and O–H groups in total. The normalized spacial score (nSPS) is 38.7. The van der Waals surface area contributed by atoms with Gasteiger partial charge in [-0.15, -0.1) is 0 Å². The Morgan fingerprint density at radius 2 is 0.963 bits per heavy atom. The van der Waals surface area contributed by atoms with Gasteiger partial charge >= 0.3 is 173 Å². The Morgan fingerprint density at radius 3 is 1.22 bits per heavy atom. The van der Waals surface area contributed by atoms with Gasteiger partial charge in [-0.1, -0.05) is 0 Å². The second kappa shape index (κ2) is 7.44. The summed E-state index contributed by atoms with van der Waals surface area (Å²) >= 11 is -1.64. The molecule has 3 aliphatic rings. The van der Waals surface area contributed by atoms with Crippen LogP contribution in [0.15, 0.2) is 24.3 Å². The van der Waals surface area contributed by atoms with Crippen molar-refractivity contribution < 1.29 is 13.8 Å². The average Bonchev–Trinajstić information content (AvgIpc) is 3.31. The molecule has 4 atom stereocenters. The fraction of sp³-hybridized carbons (Fsp3) is 0.750. The predicted octanol–water partition coefficient (Wildman–Crippen LogP) is 7.23. The molecule has 0 nitrogen and oxygen atoms in total. The summed E-state index contributed by atoms with van der Waals surface area (Å²) in [5.74, 6) is 0. The molecule has 0 bridgehead atoms. The topological polar surface area (TPSA) is 0 Å². The van der Waals surface area contributed by atoms with E-state index in [0.717, 1.165) is 22.6 Å². The quantitative estimate of drug-likeness (QED) is 0.304. The van der Waals surface area contributed by atoms with Gasteiger partial charge in [0.15, 0.2) is 0 Å². The number of rotatable bonds is 4. The molecule has 27 heavy (non-hydrogen) atoms. The van der Waals surface area contributed by atoms with Crippen LogP contribution in [0.25, 0.3) is 0 Å². The van der Waals surface area contributed by atoms with Crippen LogP contribution < -0.4 is 10.6 Å². The van der Waals surface area contributed by atoms with E-state index >= 15 is 0 Å². The Kier molecular flexibility index (Phi) is 5.77. The van der Waals surface area contributed by atoms with Gasteiger partial charge in [-0.05, 0) is 0 Å². The van der Waals surface area contributed by atoms with Crippen molar-refractivity contribution in [3.8, 4) is 0 Å². The number of hydrogen-bond acceptors (Lipinski definition) is 0. The van der Waals surface area contributed by atoms with E-state index in [4.69, 9.17) is 0 Å². The molecule has 0 radical (unpaired) electrons. The Labute approximate surface area is 172 Å². The summed E-state index contributed by atoms with van der Waals surface area (Å²) in [4.78, 5) is 0. The Morgan fingerprint density at radius 1 is 0.667 bits per heavy atom. The van der Waals surface area contributed by atoms with Gasteiger partial charge in [0.25, 0.3) is 0 Å². The van der Waals surface area contributed by atoms with E-state index in [1.165, 1.54) is 25.7 Å². The molecule has 3 heterocycles. The summed E-state index contributed by atoms with van der Waals surface area (Å²) in [5, 5.41) is 4.11. The zero-order valence-corrected chi connectivity index (χ0v) is 22.2. The SMILES string of the molecule is CC[C@H]1CC[C@H](CC)[PH]12c1ccccc1[PH]1([C@@H](CC)CC[C@@H]1CC)[Rh]2([CH3])[CH3]. The molecular weight excluding hydrogens is 453 g/mol. The van der Waals surface area contributed by atoms with Gasteiger partial charge in [0.2, 0.25) is 0 Å². The number of benzene rings is 1. The fourth-order valence-electron chi connectivity index (χ4n) is 8.30. The van der Waals surface area contributed by atoms with Crippen molar-refractivity contribution in [1.29, 1.82) is 0 Å². The van der Waals surface area contributed by atoms with Gasteiger partial charge in [0.05, 0.1) is 0 Å². The van der Waals surface area contributed by atoms with Gasteiger partial charge in [-0.2, -0.15) is 0 Å². The van der Waals surface area contributed by atoms with Gasteiger partial charge in [-0.3, -0.25) is 0 Å². The van der Waals surface area contributed by atoms with Gasteiger partial charge in [0, 0.05) is 0 Å². The van der Waals surface area contributed by atoms with Crippen molar-refractivity contribution in [2.45, 2.75) is 113 Å². The number of hydrogen-bond donors (Lipinski definition) is 0. The van der Waals surface area contributed by atoms with Crippen molar-refractivity contribution in [2.75, 3.05) is 0 Å². The van der Waals surface area contributed by atoms with E-state index in [0.29, 0.717) is 0 Å². The Balaban J connectivity index is 2.08. The summed E-state index contributed by atoms with van der Waals surface area (Å²) in [5.41, 5.74) is 7.60. The summed E-state index contributed by atoms with van der Waals surface area (Å²) in [6.45, 7) is 10.2. The molecule has 0 aliphatic carbocycles. The van der Waals surface area contributed by atoms with Gasteiger partial charge in [-0.25, -0.2) is 0 Å². The van der Waals surface area contributed by atoms with Crippen LogP contribution >= 0.6 is 11.2 Å². The second-order valence-electron chi connectivity index (χ2n) is 9.67. The minimum absolute atomic E-state index is 1.10. The first-order valence-electron chi connectivity index (χ1n) is 11.6. The van der Waals surface area contributed by atoms with Crippen LogP contribution in [0.4, 0.5) is 0 Å². The standard InChI is InChI=1S/C22H36P2.2CH3.Rh/c1-5-17-13-14-18(6-2)23(17)21-11-9-10-12-22(21)24-19(7-3)15-16-20(24)8-4;;;/h9-12,17-20H,5-8,13-16H2,1-4H3;2*1H3;/q;;;-2/p+2/t17-,18-,19-,20-;;;/m0.../s1. The Bertz CT molecular complexity index is 616. The van der Waals surface area contributed by atoms with Crippen molar-refractivity contribution in [1.82, 2.24) is 0 Å². The van der Waals surface area contributed by atoms with Gasteiger partial charge < -0.3 is 0 Å². The van der Waals surface area contributed by atoms with Gasteiger partial charge in [0.1, 0.15) is 0 Å². The fourth-order valence-corrected chi connectivity index (χ4v) is 84.1. The molecule has 0 aromatic heterocycles. The molecule has 2 fully saturated rings. The van der Waals surface area contributed by atoms with Crippen LogP contribution in [0.1, 0.15) is 79.1 Å². The summed E-state index contributed by atoms with van der Waals surface area (Å²) in [6.07, 6.45) is 12.1. The van der Waals surface area contributed by atoms with Crippen LogP contribution in [-0.2, 0) is 13.8 Å². The third kappa shape index (κ3) is 2.33. The third-order valence-corrected chi connectivity index (χ3v) is 62.8. The van der Waals surface area contributed by atoms with E-state index in [2.05, 4.69) is 73.6 Å². The zero-order valence-electron chi connectivity index (χ0n) is 18.6. The predicted molar refractivity (Wildman–Crippen MR) is 129 cm³/mol. The molecule has 1 aromatic rings. The average molecular weight is 497 g/mol. The molecule has 2 spiro atoms. The van der Waals surface area contributed by atoms with Crippen molar-refractivity contribution in [3.05, 3.63) is 24.3 Å². The van der Waals surface area contributed by atoms with Crippen molar-refractivity contribution >= 4 is 21.8 Å². The molecule has 0 saturated carbocycles. The maximum absolute atomic E-state index is 3.01. The van der Waals surface area contributed by atoms with E-state index in [-0.39, 0.29) is 0 Å². The molecular formula is C24H44P2Rh. The molecule has 3 heteroatoms. The molecule has 4 rings (SSSR count). The van der Waals surface area contributed by atoms with Crippen molar-refractivity contribution in [3.63, 3.8) is 0 Å². The van der Waals surface area contributed by atoms with E-state index in [9.17, 15) is 0 Å². The summed E-state index contributed by atoms with van der Waals surface area (Å²) in [6, 6.07) is 10.3. The van der Waals surface area contributed by atoms with Crippen LogP contribution in [0.3, 0.4) is 0 Å².